The summed E-state index contributed by atoms with van der Waals surface area (Å²) in [4.78, 5) is 10.5. The number of hydrogen-bond donors (Lipinski definition) is 3. The zero-order chi connectivity index (χ0) is 10.8. The minimum Gasteiger partial charge on any atom is -0.344 e. The van der Waals surface area contributed by atoms with Gasteiger partial charge >= 0.3 is 12.1 Å². The number of amides is 1. The summed E-state index contributed by atoms with van der Waals surface area (Å²) >= 11 is 0. The molecule has 82 valence electrons. The van der Waals surface area contributed by atoms with Crippen LogP contribution in [0.5, 0.6) is 0 Å². The van der Waals surface area contributed by atoms with Crippen LogP contribution in [0.4, 0.5) is 13.2 Å². The molecule has 1 aliphatic heterocycles. The average molecular weight is 211 g/mol. The Hall–Kier alpha value is -0.820. The fourth-order valence-corrected chi connectivity index (χ4v) is 1.35. The third-order valence-electron chi connectivity index (χ3n) is 1.98. The molecule has 1 heterocycles. The van der Waals surface area contributed by atoms with E-state index in [1.807, 2.05) is 5.32 Å². The smallest absolute Gasteiger partial charge is 0.344 e. The molecule has 1 amide bonds. The quantitative estimate of drug-likeness (QED) is 0.540. The summed E-state index contributed by atoms with van der Waals surface area (Å²) in [5.74, 6) is -1.90. The van der Waals surface area contributed by atoms with E-state index in [-0.39, 0.29) is 6.04 Å². The first kappa shape index (κ1) is 11.3. The maximum atomic E-state index is 11.8. The second kappa shape index (κ2) is 4.14. The number of hydrogen-bond acceptors (Lipinski definition) is 3. The van der Waals surface area contributed by atoms with Crippen LogP contribution in [-0.2, 0) is 4.79 Å². The predicted molar refractivity (Wildman–Crippen MR) is 43.4 cm³/mol. The lowest BCUT2D eigenvalue weighted by molar-refractivity contribution is -0.174. The second-order valence-electron chi connectivity index (χ2n) is 3.32. The third-order valence-corrected chi connectivity index (χ3v) is 1.98. The topological polar surface area (TPSA) is 67.2 Å². The van der Waals surface area contributed by atoms with Crippen molar-refractivity contribution in [2.45, 2.75) is 24.7 Å². The van der Waals surface area contributed by atoms with E-state index in [0.717, 1.165) is 0 Å². The highest BCUT2D eigenvalue weighted by Gasteiger charge is 2.40. The highest BCUT2D eigenvalue weighted by atomic mass is 19.4. The van der Waals surface area contributed by atoms with Gasteiger partial charge in [-0.3, -0.25) is 4.79 Å². The minimum absolute atomic E-state index is 0.206. The van der Waals surface area contributed by atoms with Crippen molar-refractivity contribution in [1.29, 1.82) is 0 Å². The van der Waals surface area contributed by atoms with Gasteiger partial charge in [-0.05, 0) is 6.42 Å². The maximum absolute atomic E-state index is 11.8. The van der Waals surface area contributed by atoms with Gasteiger partial charge < -0.3 is 16.4 Å². The van der Waals surface area contributed by atoms with Crippen LogP contribution in [-0.4, -0.2) is 37.3 Å². The summed E-state index contributed by atoms with van der Waals surface area (Å²) < 4.78 is 35.5. The number of piperidine rings is 1. The first-order valence-electron chi connectivity index (χ1n) is 4.23. The van der Waals surface area contributed by atoms with E-state index in [4.69, 9.17) is 5.73 Å². The van der Waals surface area contributed by atoms with Gasteiger partial charge in [-0.2, -0.15) is 13.2 Å². The number of nitrogens with one attached hydrogen (secondary N) is 2. The molecule has 1 fully saturated rings. The van der Waals surface area contributed by atoms with Crippen LogP contribution >= 0.6 is 0 Å². The van der Waals surface area contributed by atoms with Crippen LogP contribution in [0.2, 0.25) is 0 Å². The average Bonchev–Trinajstić information content (AvgIpc) is 2.02. The summed E-state index contributed by atoms with van der Waals surface area (Å²) in [6, 6.07) is -0.741. The van der Waals surface area contributed by atoms with Crippen LogP contribution < -0.4 is 16.4 Å². The Morgan fingerprint density at radius 3 is 2.57 bits per heavy atom. The largest absolute Gasteiger partial charge is 0.471 e. The predicted octanol–water partition coefficient (Wildman–Crippen LogP) is -0.646. The molecular weight excluding hydrogens is 199 g/mol. The molecule has 1 rings (SSSR count). The van der Waals surface area contributed by atoms with Gasteiger partial charge in [-0.15, -0.1) is 0 Å². The summed E-state index contributed by atoms with van der Waals surface area (Å²) in [5, 5.41) is 4.72. The van der Waals surface area contributed by atoms with Crippen molar-refractivity contribution in [1.82, 2.24) is 10.6 Å². The zero-order valence-electron chi connectivity index (χ0n) is 7.40. The number of halogens is 3. The van der Waals surface area contributed by atoms with Crippen molar-refractivity contribution < 1.29 is 18.0 Å². The van der Waals surface area contributed by atoms with E-state index in [1.165, 1.54) is 0 Å². The van der Waals surface area contributed by atoms with Crippen molar-refractivity contribution in [3.63, 3.8) is 0 Å². The van der Waals surface area contributed by atoms with E-state index < -0.39 is 18.1 Å². The molecule has 7 heteroatoms. The van der Waals surface area contributed by atoms with Gasteiger partial charge in [0.05, 0.1) is 0 Å². The Balaban J connectivity index is 2.40. The third kappa shape index (κ3) is 3.15. The lowest BCUT2D eigenvalue weighted by Crippen LogP contribution is -2.55. The van der Waals surface area contributed by atoms with Crippen molar-refractivity contribution in [2.24, 2.45) is 5.73 Å². The molecule has 0 spiro atoms. The van der Waals surface area contributed by atoms with Crippen molar-refractivity contribution in [2.75, 3.05) is 13.1 Å². The monoisotopic (exact) mass is 211 g/mol. The Kier molecular flexibility index (Phi) is 3.33. The van der Waals surface area contributed by atoms with Gasteiger partial charge in [-0.25, -0.2) is 0 Å². The number of carbonyl (C=O) groups is 1. The SMILES string of the molecule is NC1CNCC(NC(=O)C(F)(F)F)C1. The van der Waals surface area contributed by atoms with E-state index in [2.05, 4.69) is 5.32 Å². The Morgan fingerprint density at radius 2 is 2.07 bits per heavy atom. The van der Waals surface area contributed by atoms with Crippen LogP contribution in [0, 0.1) is 0 Å². The molecule has 0 saturated carbocycles. The first-order chi connectivity index (χ1) is 6.39. The van der Waals surface area contributed by atoms with Crippen LogP contribution in [0.1, 0.15) is 6.42 Å². The second-order valence-corrected chi connectivity index (χ2v) is 3.32. The lowest BCUT2D eigenvalue weighted by Gasteiger charge is -2.28. The van der Waals surface area contributed by atoms with Crippen LogP contribution in [0.15, 0.2) is 0 Å². The van der Waals surface area contributed by atoms with Gasteiger partial charge in [0.25, 0.3) is 0 Å². The number of nitrogens with two attached hydrogens (primary N) is 1. The van der Waals surface area contributed by atoms with Gasteiger partial charge in [0, 0.05) is 25.2 Å². The summed E-state index contributed by atoms with van der Waals surface area (Å²) in [5.41, 5.74) is 5.51. The van der Waals surface area contributed by atoms with Gasteiger partial charge in [0.2, 0.25) is 0 Å². The molecule has 4 nitrogen and oxygen atoms in total. The summed E-state index contributed by atoms with van der Waals surface area (Å²) in [7, 11) is 0. The molecule has 0 aromatic rings. The van der Waals surface area contributed by atoms with E-state index in [9.17, 15) is 18.0 Å². The van der Waals surface area contributed by atoms with Crippen LogP contribution in [0.25, 0.3) is 0 Å². The molecule has 0 aliphatic carbocycles. The Morgan fingerprint density at radius 1 is 1.43 bits per heavy atom. The maximum Gasteiger partial charge on any atom is 0.471 e. The Labute approximate surface area is 79.0 Å². The molecule has 1 aliphatic rings. The standard InChI is InChI=1S/C7H12F3N3O/c8-7(9,10)6(14)13-5-1-4(11)2-12-3-5/h4-5,12H,1-3,11H2,(H,13,14). The molecule has 0 radical (unpaired) electrons. The molecule has 0 bridgehead atoms. The zero-order valence-corrected chi connectivity index (χ0v) is 7.40. The fraction of sp³-hybridized carbons (Fsp3) is 0.857. The lowest BCUT2D eigenvalue weighted by atomic mass is 10.0. The normalized spacial score (nSPS) is 28.6. The molecule has 2 atom stereocenters. The van der Waals surface area contributed by atoms with Gasteiger partial charge in [-0.1, -0.05) is 0 Å². The van der Waals surface area contributed by atoms with E-state index in [1.54, 1.807) is 0 Å². The molecule has 0 aromatic heterocycles. The first-order valence-corrected chi connectivity index (χ1v) is 4.23. The summed E-state index contributed by atoms with van der Waals surface area (Å²) in [6.45, 7) is 0.897. The van der Waals surface area contributed by atoms with Gasteiger partial charge in [0.15, 0.2) is 0 Å². The highest BCUT2D eigenvalue weighted by molar-refractivity contribution is 5.81. The van der Waals surface area contributed by atoms with Crippen molar-refractivity contribution in [3.8, 4) is 0 Å². The number of rotatable bonds is 1. The fourth-order valence-electron chi connectivity index (χ4n) is 1.35. The molecular formula is C7H12F3N3O. The van der Waals surface area contributed by atoms with Crippen LogP contribution in [0.3, 0.4) is 0 Å². The molecule has 1 saturated heterocycles. The highest BCUT2D eigenvalue weighted by Crippen LogP contribution is 2.15. The number of alkyl halides is 3. The molecule has 0 aromatic carbocycles. The van der Waals surface area contributed by atoms with Crippen molar-refractivity contribution in [3.05, 3.63) is 0 Å². The molecule has 14 heavy (non-hydrogen) atoms. The number of carbonyl (C=O) groups excluding carboxylic acids is 1. The minimum atomic E-state index is -4.82. The molecule has 2 unspecified atom stereocenters. The van der Waals surface area contributed by atoms with Gasteiger partial charge in [0.1, 0.15) is 0 Å². The van der Waals surface area contributed by atoms with E-state index >= 15 is 0 Å². The van der Waals surface area contributed by atoms with Crippen molar-refractivity contribution >= 4 is 5.91 Å². The van der Waals surface area contributed by atoms with E-state index in [0.29, 0.717) is 19.5 Å². The Bertz CT molecular complexity index is 219. The summed E-state index contributed by atoms with van der Waals surface area (Å²) in [6.07, 6.45) is -4.45. The molecule has 4 N–H and O–H groups in total.